The van der Waals surface area contributed by atoms with Gasteiger partial charge in [0.2, 0.25) is 0 Å². The number of hydrogen-bond donors (Lipinski definition) is 1. The van der Waals surface area contributed by atoms with Crippen LogP contribution < -0.4 is 5.32 Å². The van der Waals surface area contributed by atoms with E-state index in [1.807, 2.05) is 19.2 Å². The van der Waals surface area contributed by atoms with Crippen molar-refractivity contribution in [2.24, 2.45) is 4.99 Å². The fourth-order valence-corrected chi connectivity index (χ4v) is 3.37. The normalized spacial score (nSPS) is 15.9. The van der Waals surface area contributed by atoms with Crippen LogP contribution in [0, 0.1) is 5.82 Å². The van der Waals surface area contributed by atoms with Crippen molar-refractivity contribution in [3.8, 4) is 0 Å². The molecule has 1 aromatic rings. The Morgan fingerprint density at radius 1 is 1.07 bits per heavy atom. The largest absolute Gasteiger partial charge is 0.357 e. The van der Waals surface area contributed by atoms with Crippen LogP contribution in [0.4, 0.5) is 4.39 Å². The summed E-state index contributed by atoms with van der Waals surface area (Å²) < 4.78 is 13.1. The molecule has 1 aliphatic heterocycles. The van der Waals surface area contributed by atoms with Crippen LogP contribution in [0.2, 0.25) is 0 Å². The first-order chi connectivity index (χ1) is 13.1. The van der Waals surface area contributed by atoms with Gasteiger partial charge in [0, 0.05) is 52.9 Å². The van der Waals surface area contributed by atoms with Gasteiger partial charge < -0.3 is 20.0 Å². The molecule has 1 N–H and O–H groups in total. The lowest BCUT2D eigenvalue weighted by atomic mass is 10.2. The SMILES string of the molecule is CCNC(=NCCCCN1CCN(CC)CC1)N(C)Cc1ccc(F)cc1.I. The van der Waals surface area contributed by atoms with Gasteiger partial charge in [0.25, 0.3) is 0 Å². The molecule has 0 radical (unpaired) electrons. The van der Waals surface area contributed by atoms with Gasteiger partial charge in [0.05, 0.1) is 0 Å². The van der Waals surface area contributed by atoms with E-state index in [1.165, 1.54) is 57.8 Å². The highest BCUT2D eigenvalue weighted by atomic mass is 127. The maximum atomic E-state index is 13.1. The van der Waals surface area contributed by atoms with Crippen LogP contribution >= 0.6 is 24.0 Å². The van der Waals surface area contributed by atoms with Crippen LogP contribution in [-0.2, 0) is 6.54 Å². The summed E-state index contributed by atoms with van der Waals surface area (Å²) in [5, 5.41) is 3.35. The molecule has 2 rings (SSSR count). The van der Waals surface area contributed by atoms with Crippen molar-refractivity contribution in [3.63, 3.8) is 0 Å². The quantitative estimate of drug-likeness (QED) is 0.242. The molecule has 5 nitrogen and oxygen atoms in total. The third kappa shape index (κ3) is 9.05. The number of nitrogens with one attached hydrogen (secondary N) is 1. The highest BCUT2D eigenvalue weighted by Gasteiger charge is 2.14. The first-order valence-corrected chi connectivity index (χ1v) is 10.3. The summed E-state index contributed by atoms with van der Waals surface area (Å²) in [6, 6.07) is 6.67. The van der Waals surface area contributed by atoms with Gasteiger partial charge in [-0.3, -0.25) is 4.99 Å². The maximum Gasteiger partial charge on any atom is 0.193 e. The van der Waals surface area contributed by atoms with Crippen molar-refractivity contribution in [1.82, 2.24) is 20.0 Å². The third-order valence-corrected chi connectivity index (χ3v) is 5.09. The monoisotopic (exact) mass is 505 g/mol. The molecule has 1 saturated heterocycles. The minimum absolute atomic E-state index is 0. The Morgan fingerprint density at radius 2 is 1.71 bits per heavy atom. The van der Waals surface area contributed by atoms with Gasteiger partial charge in [-0.1, -0.05) is 19.1 Å². The van der Waals surface area contributed by atoms with E-state index >= 15 is 0 Å². The van der Waals surface area contributed by atoms with Gasteiger partial charge in [-0.25, -0.2) is 4.39 Å². The third-order valence-electron chi connectivity index (χ3n) is 5.09. The van der Waals surface area contributed by atoms with E-state index < -0.39 is 0 Å². The number of guanidine groups is 1. The molecular weight excluding hydrogens is 468 g/mol. The van der Waals surface area contributed by atoms with Crippen LogP contribution in [-0.4, -0.2) is 80.1 Å². The first-order valence-electron chi connectivity index (χ1n) is 10.3. The lowest BCUT2D eigenvalue weighted by Gasteiger charge is -2.33. The number of rotatable bonds is 9. The number of unbranched alkanes of at least 4 members (excludes halogenated alkanes) is 1. The molecule has 0 spiro atoms. The molecular formula is C21H37FIN5. The summed E-state index contributed by atoms with van der Waals surface area (Å²) in [7, 11) is 2.03. The van der Waals surface area contributed by atoms with E-state index in [-0.39, 0.29) is 29.8 Å². The summed E-state index contributed by atoms with van der Waals surface area (Å²) in [6.07, 6.45) is 2.30. The van der Waals surface area contributed by atoms with E-state index in [4.69, 9.17) is 4.99 Å². The van der Waals surface area contributed by atoms with E-state index in [9.17, 15) is 4.39 Å². The number of hydrogen-bond acceptors (Lipinski definition) is 3. The van der Waals surface area contributed by atoms with Crippen molar-refractivity contribution < 1.29 is 4.39 Å². The van der Waals surface area contributed by atoms with E-state index in [2.05, 4.69) is 33.9 Å². The Bertz CT molecular complexity index is 558. The first kappa shape index (κ1) is 25.1. The van der Waals surface area contributed by atoms with Gasteiger partial charge in [0.15, 0.2) is 5.96 Å². The topological polar surface area (TPSA) is 34.1 Å². The summed E-state index contributed by atoms with van der Waals surface area (Å²) in [5.41, 5.74) is 1.08. The van der Waals surface area contributed by atoms with Gasteiger partial charge in [-0.05, 0) is 50.6 Å². The van der Waals surface area contributed by atoms with Crippen LogP contribution in [0.1, 0.15) is 32.3 Å². The van der Waals surface area contributed by atoms with Crippen LogP contribution in [0.25, 0.3) is 0 Å². The number of benzene rings is 1. The highest BCUT2D eigenvalue weighted by molar-refractivity contribution is 14.0. The van der Waals surface area contributed by atoms with Gasteiger partial charge in [-0.2, -0.15) is 0 Å². The Hall–Kier alpha value is -0.930. The Morgan fingerprint density at radius 3 is 2.32 bits per heavy atom. The Kier molecular flexibility index (Phi) is 12.7. The standard InChI is InChI=1S/C21H36FN5.HI/c1-4-23-21(25(3)18-19-8-10-20(22)11-9-19)24-12-6-7-13-27-16-14-26(5-2)15-17-27;/h8-11H,4-7,12-18H2,1-3H3,(H,23,24);1H. The predicted molar refractivity (Wildman–Crippen MR) is 127 cm³/mol. The highest BCUT2D eigenvalue weighted by Crippen LogP contribution is 2.06. The van der Waals surface area contributed by atoms with Crippen molar-refractivity contribution in [2.45, 2.75) is 33.2 Å². The van der Waals surface area contributed by atoms with Gasteiger partial charge >= 0.3 is 0 Å². The average Bonchev–Trinajstić information content (AvgIpc) is 2.69. The molecule has 160 valence electrons. The number of nitrogens with zero attached hydrogens (tertiary/aromatic N) is 4. The maximum absolute atomic E-state index is 13.1. The molecule has 0 bridgehead atoms. The molecule has 1 aliphatic rings. The Balaban J connectivity index is 0.00000392. The van der Waals surface area contributed by atoms with Gasteiger partial charge in [0.1, 0.15) is 5.82 Å². The zero-order chi connectivity index (χ0) is 19.5. The van der Waals surface area contributed by atoms with E-state index in [0.717, 1.165) is 31.0 Å². The fourth-order valence-electron chi connectivity index (χ4n) is 3.37. The van der Waals surface area contributed by atoms with Crippen molar-refractivity contribution in [3.05, 3.63) is 35.6 Å². The summed E-state index contributed by atoms with van der Waals surface area (Å²) in [5.74, 6) is 0.719. The van der Waals surface area contributed by atoms with Crippen molar-refractivity contribution in [2.75, 3.05) is 59.4 Å². The number of likely N-dealkylation sites (N-methyl/N-ethyl adjacent to an activating group) is 1. The zero-order valence-electron chi connectivity index (χ0n) is 17.7. The second kappa shape index (κ2) is 14.1. The van der Waals surface area contributed by atoms with E-state index in [1.54, 1.807) is 0 Å². The minimum Gasteiger partial charge on any atom is -0.357 e. The lowest BCUT2D eigenvalue weighted by molar-refractivity contribution is 0.136. The fraction of sp³-hybridized carbons (Fsp3) is 0.667. The number of piperazine rings is 1. The van der Waals surface area contributed by atoms with Crippen molar-refractivity contribution >= 4 is 29.9 Å². The summed E-state index contributed by atoms with van der Waals surface area (Å²) >= 11 is 0. The smallest absolute Gasteiger partial charge is 0.193 e. The second-order valence-corrected chi connectivity index (χ2v) is 7.20. The van der Waals surface area contributed by atoms with Crippen LogP contribution in [0.3, 0.4) is 0 Å². The zero-order valence-corrected chi connectivity index (χ0v) is 20.0. The molecule has 1 heterocycles. The van der Waals surface area contributed by atoms with E-state index in [0.29, 0.717) is 6.54 Å². The lowest BCUT2D eigenvalue weighted by Crippen LogP contribution is -2.46. The number of halogens is 2. The van der Waals surface area contributed by atoms with Crippen LogP contribution in [0.15, 0.2) is 29.3 Å². The molecule has 1 fully saturated rings. The number of aliphatic imine (C=N–C) groups is 1. The molecule has 1 aromatic carbocycles. The summed E-state index contributed by atoms with van der Waals surface area (Å²) in [4.78, 5) is 11.9. The molecule has 0 saturated carbocycles. The molecule has 0 aliphatic carbocycles. The molecule has 0 aromatic heterocycles. The van der Waals surface area contributed by atoms with Gasteiger partial charge in [-0.15, -0.1) is 24.0 Å². The second-order valence-electron chi connectivity index (χ2n) is 7.20. The predicted octanol–water partition coefficient (Wildman–Crippen LogP) is 3.26. The average molecular weight is 505 g/mol. The minimum atomic E-state index is -0.196. The molecule has 0 amide bonds. The molecule has 0 unspecified atom stereocenters. The van der Waals surface area contributed by atoms with Crippen molar-refractivity contribution in [1.29, 1.82) is 0 Å². The molecule has 28 heavy (non-hydrogen) atoms. The molecule has 7 heteroatoms. The Labute approximate surface area is 187 Å². The van der Waals surface area contributed by atoms with Crippen LogP contribution in [0.5, 0.6) is 0 Å². The molecule has 0 atom stereocenters. The summed E-state index contributed by atoms with van der Waals surface area (Å²) in [6.45, 7) is 13.9.